The SMILES string of the molecule is [N-]=[N+]=NC(C[N+](=O)[O-])C(F)(F)F. The molecule has 0 radical (unpaired) electrons. The Morgan fingerprint density at radius 3 is 2.42 bits per heavy atom. The van der Waals surface area contributed by atoms with Crippen LogP contribution in [0.3, 0.4) is 0 Å². The molecule has 0 saturated heterocycles. The van der Waals surface area contributed by atoms with Gasteiger partial charge in [0.15, 0.2) is 6.04 Å². The summed E-state index contributed by atoms with van der Waals surface area (Å²) >= 11 is 0. The van der Waals surface area contributed by atoms with Gasteiger partial charge in [-0.2, -0.15) is 13.2 Å². The number of alkyl halides is 3. The molecule has 0 heterocycles. The minimum Gasteiger partial charge on any atom is -0.265 e. The van der Waals surface area contributed by atoms with Crippen LogP contribution in [-0.4, -0.2) is 23.7 Å². The van der Waals surface area contributed by atoms with E-state index in [2.05, 4.69) is 5.11 Å². The smallest absolute Gasteiger partial charge is 0.265 e. The lowest BCUT2D eigenvalue weighted by Gasteiger charge is -2.09. The van der Waals surface area contributed by atoms with Crippen molar-refractivity contribution < 1.29 is 18.1 Å². The summed E-state index contributed by atoms with van der Waals surface area (Å²) in [4.78, 5) is 10.3. The van der Waals surface area contributed by atoms with Gasteiger partial charge in [0, 0.05) is 9.84 Å². The predicted octanol–water partition coefficient (Wildman–Crippen LogP) is 1.50. The molecule has 0 aliphatic rings. The van der Waals surface area contributed by atoms with E-state index in [1.54, 1.807) is 0 Å². The molecule has 0 aromatic heterocycles. The molecular weight excluding hydrogens is 181 g/mol. The highest BCUT2D eigenvalue weighted by molar-refractivity contribution is 4.74. The molecule has 0 aromatic rings. The number of hydrogen-bond donors (Lipinski definition) is 0. The molecule has 0 aliphatic carbocycles. The summed E-state index contributed by atoms with van der Waals surface area (Å²) in [6.07, 6.45) is -4.86. The van der Waals surface area contributed by atoms with Gasteiger partial charge >= 0.3 is 6.18 Å². The minimum atomic E-state index is -4.86. The molecule has 0 amide bonds. The third-order valence-electron chi connectivity index (χ3n) is 0.891. The molecule has 6 nitrogen and oxygen atoms in total. The van der Waals surface area contributed by atoms with Crippen LogP contribution < -0.4 is 0 Å². The molecule has 0 fully saturated rings. The maximum atomic E-state index is 11.7. The Morgan fingerprint density at radius 2 is 2.17 bits per heavy atom. The molecule has 0 aliphatic heterocycles. The van der Waals surface area contributed by atoms with Gasteiger partial charge in [-0.25, -0.2) is 0 Å². The van der Waals surface area contributed by atoms with Gasteiger partial charge in [0.1, 0.15) is 0 Å². The molecule has 1 unspecified atom stereocenters. The number of nitrogens with zero attached hydrogens (tertiary/aromatic N) is 4. The van der Waals surface area contributed by atoms with Crippen LogP contribution >= 0.6 is 0 Å². The number of rotatable bonds is 3. The first kappa shape index (κ1) is 10.5. The lowest BCUT2D eigenvalue weighted by Crippen LogP contribution is -2.33. The average Bonchev–Trinajstić information content (AvgIpc) is 1.83. The Kier molecular flexibility index (Phi) is 3.30. The number of azide groups is 1. The fourth-order valence-corrected chi connectivity index (χ4v) is 0.409. The van der Waals surface area contributed by atoms with Gasteiger partial charge in [-0.3, -0.25) is 10.1 Å². The molecule has 0 rings (SSSR count). The zero-order chi connectivity index (χ0) is 9.78. The monoisotopic (exact) mass is 184 g/mol. The van der Waals surface area contributed by atoms with Crippen molar-refractivity contribution in [2.24, 2.45) is 5.11 Å². The quantitative estimate of drug-likeness (QED) is 0.218. The van der Waals surface area contributed by atoms with Gasteiger partial charge < -0.3 is 0 Å². The first-order chi connectivity index (χ1) is 5.38. The lowest BCUT2D eigenvalue weighted by atomic mass is 10.3. The standard InChI is InChI=1S/C3H3F3N4O2/c4-3(5,6)2(8-9-7)1-10(11)12/h2H,1H2. The largest absolute Gasteiger partial charge is 0.403 e. The van der Waals surface area contributed by atoms with Crippen molar-refractivity contribution in [3.8, 4) is 0 Å². The predicted molar refractivity (Wildman–Crippen MR) is 30.9 cm³/mol. The normalized spacial score (nSPS) is 13.2. The van der Waals surface area contributed by atoms with E-state index in [0.717, 1.165) is 0 Å². The second-order valence-corrected chi connectivity index (χ2v) is 1.78. The maximum absolute atomic E-state index is 11.7. The molecular formula is C3H3F3N4O2. The number of halogens is 3. The molecule has 1 atom stereocenters. The highest BCUT2D eigenvalue weighted by Crippen LogP contribution is 2.22. The summed E-state index contributed by atoms with van der Waals surface area (Å²) in [5.74, 6) is 0. The molecule has 68 valence electrons. The minimum absolute atomic E-state index is 1.19. The van der Waals surface area contributed by atoms with Gasteiger partial charge in [-0.1, -0.05) is 5.11 Å². The lowest BCUT2D eigenvalue weighted by molar-refractivity contribution is -0.489. The average molecular weight is 184 g/mol. The van der Waals surface area contributed by atoms with E-state index in [4.69, 9.17) is 5.53 Å². The zero-order valence-corrected chi connectivity index (χ0v) is 5.52. The molecule has 0 N–H and O–H groups in total. The van der Waals surface area contributed by atoms with Crippen LogP contribution in [0, 0.1) is 10.1 Å². The van der Waals surface area contributed by atoms with E-state index < -0.39 is 23.7 Å². The Bertz CT molecular complexity index is 220. The van der Waals surface area contributed by atoms with Gasteiger partial charge in [0.25, 0.3) is 0 Å². The molecule has 0 saturated carbocycles. The second-order valence-electron chi connectivity index (χ2n) is 1.78. The summed E-state index contributed by atoms with van der Waals surface area (Å²) in [6.45, 7) is -1.44. The number of hydrogen-bond acceptors (Lipinski definition) is 3. The molecule has 0 bridgehead atoms. The fraction of sp³-hybridized carbons (Fsp3) is 1.00. The van der Waals surface area contributed by atoms with Crippen LogP contribution in [0.4, 0.5) is 13.2 Å². The van der Waals surface area contributed by atoms with Crippen LogP contribution in [0.15, 0.2) is 5.11 Å². The molecule has 9 heteroatoms. The topological polar surface area (TPSA) is 91.9 Å². The third kappa shape index (κ3) is 3.62. The van der Waals surface area contributed by atoms with Gasteiger partial charge in [0.05, 0.1) is 0 Å². The molecule has 0 aromatic carbocycles. The Hall–Kier alpha value is -1.50. The fourth-order valence-electron chi connectivity index (χ4n) is 0.409. The van der Waals surface area contributed by atoms with Crippen molar-refractivity contribution in [3.63, 3.8) is 0 Å². The van der Waals surface area contributed by atoms with E-state index in [0.29, 0.717) is 0 Å². The van der Waals surface area contributed by atoms with Crippen molar-refractivity contribution in [1.82, 2.24) is 0 Å². The highest BCUT2D eigenvalue weighted by atomic mass is 19.4. The van der Waals surface area contributed by atoms with Crippen LogP contribution in [0.1, 0.15) is 0 Å². The van der Waals surface area contributed by atoms with Crippen molar-refractivity contribution in [2.75, 3.05) is 6.54 Å². The molecule has 12 heavy (non-hydrogen) atoms. The van der Waals surface area contributed by atoms with Crippen molar-refractivity contribution in [2.45, 2.75) is 12.2 Å². The second kappa shape index (κ2) is 3.77. The van der Waals surface area contributed by atoms with E-state index in [1.807, 2.05) is 4.91 Å². The van der Waals surface area contributed by atoms with Crippen molar-refractivity contribution in [1.29, 1.82) is 0 Å². The maximum Gasteiger partial charge on any atom is 0.403 e. The summed E-state index contributed by atoms with van der Waals surface area (Å²) in [6, 6.07) is -2.59. The van der Waals surface area contributed by atoms with E-state index in [9.17, 15) is 23.3 Å². The number of nitro groups is 1. The summed E-state index contributed by atoms with van der Waals surface area (Å²) in [7, 11) is 0. The van der Waals surface area contributed by atoms with Crippen molar-refractivity contribution in [3.05, 3.63) is 20.6 Å². The Labute approximate surface area is 63.8 Å². The summed E-state index contributed by atoms with van der Waals surface area (Å²) in [5, 5.41) is 11.9. The Balaban J connectivity index is 4.44. The van der Waals surface area contributed by atoms with Crippen LogP contribution in [0.5, 0.6) is 0 Å². The van der Waals surface area contributed by atoms with E-state index in [-0.39, 0.29) is 0 Å². The van der Waals surface area contributed by atoms with E-state index in [1.165, 1.54) is 0 Å². The van der Waals surface area contributed by atoms with Crippen molar-refractivity contribution >= 4 is 0 Å². The van der Waals surface area contributed by atoms with Gasteiger partial charge in [0.2, 0.25) is 6.54 Å². The summed E-state index contributed by atoms with van der Waals surface area (Å²) in [5.41, 5.74) is 7.65. The first-order valence-corrected chi connectivity index (χ1v) is 2.60. The van der Waals surface area contributed by atoms with Gasteiger partial charge in [-0.15, -0.1) is 0 Å². The highest BCUT2D eigenvalue weighted by Gasteiger charge is 2.42. The third-order valence-corrected chi connectivity index (χ3v) is 0.891. The Morgan fingerprint density at radius 1 is 1.67 bits per heavy atom. The van der Waals surface area contributed by atoms with Gasteiger partial charge in [-0.05, 0) is 5.53 Å². The zero-order valence-electron chi connectivity index (χ0n) is 5.52. The van der Waals surface area contributed by atoms with Crippen LogP contribution in [0.2, 0.25) is 0 Å². The first-order valence-electron chi connectivity index (χ1n) is 2.60. The van der Waals surface area contributed by atoms with Crippen LogP contribution in [0.25, 0.3) is 10.4 Å². The molecule has 0 spiro atoms. The van der Waals surface area contributed by atoms with Crippen LogP contribution in [-0.2, 0) is 0 Å². The van der Waals surface area contributed by atoms with E-state index >= 15 is 0 Å². The summed E-state index contributed by atoms with van der Waals surface area (Å²) < 4.78 is 35.1.